The molecule has 0 amide bonds. The van der Waals surface area contributed by atoms with E-state index in [2.05, 4.69) is 0 Å². The van der Waals surface area contributed by atoms with Crippen molar-refractivity contribution in [2.75, 3.05) is 0 Å². The quantitative estimate of drug-likeness (QED) is 0.485. The molecule has 0 spiro atoms. The molecule has 1 rings (SSSR count). The predicted molar refractivity (Wildman–Crippen MR) is 30.5 cm³/mol. The molecule has 0 saturated carbocycles. The minimum absolute atomic E-state index is 0.246. The molecule has 1 aliphatic rings. The summed E-state index contributed by atoms with van der Waals surface area (Å²) in [5.74, 6) is 0.246. The Morgan fingerprint density at radius 1 is 1.62 bits per heavy atom. The molecule has 0 aliphatic heterocycles. The normalized spacial score (nSPS) is 27.6. The average molecular weight is 112 g/mol. The van der Waals surface area contributed by atoms with E-state index in [1.165, 1.54) is 6.08 Å². The summed E-state index contributed by atoms with van der Waals surface area (Å²) in [6.07, 6.45) is 4.78. The maximum atomic E-state index is 8.78. The van der Waals surface area contributed by atoms with E-state index < -0.39 is 6.10 Å². The molecule has 2 heteroatoms. The summed E-state index contributed by atoms with van der Waals surface area (Å²) in [6, 6.07) is 0. The number of aliphatic hydroxyl groups excluding tert-OH is 2. The lowest BCUT2D eigenvalue weighted by Crippen LogP contribution is -2.03. The second-order valence-electron chi connectivity index (χ2n) is 1.79. The number of aliphatic hydroxyl groups is 2. The van der Waals surface area contributed by atoms with Gasteiger partial charge in [-0.1, -0.05) is 6.08 Å². The first-order valence-corrected chi connectivity index (χ1v) is 2.54. The van der Waals surface area contributed by atoms with Gasteiger partial charge in [-0.05, 0) is 18.6 Å². The van der Waals surface area contributed by atoms with Crippen molar-refractivity contribution in [1.82, 2.24) is 0 Å². The van der Waals surface area contributed by atoms with Crippen molar-refractivity contribution in [3.8, 4) is 0 Å². The Morgan fingerprint density at radius 2 is 2.38 bits per heavy atom. The van der Waals surface area contributed by atoms with Crippen molar-refractivity contribution in [1.29, 1.82) is 0 Å². The van der Waals surface area contributed by atoms with Crippen LogP contribution in [0.2, 0.25) is 0 Å². The van der Waals surface area contributed by atoms with Gasteiger partial charge in [-0.15, -0.1) is 0 Å². The minimum atomic E-state index is -0.397. The molecule has 0 radical (unpaired) electrons. The van der Waals surface area contributed by atoms with Crippen LogP contribution in [0.3, 0.4) is 0 Å². The second kappa shape index (κ2) is 2.01. The summed E-state index contributed by atoms with van der Waals surface area (Å²) in [5, 5.41) is 17.5. The smallest absolute Gasteiger partial charge is 0.111 e. The highest BCUT2D eigenvalue weighted by Crippen LogP contribution is 2.06. The number of hydrogen-bond donors (Lipinski definition) is 2. The molecule has 2 nitrogen and oxygen atoms in total. The molecule has 1 atom stereocenters. The zero-order valence-electron chi connectivity index (χ0n) is 4.41. The predicted octanol–water partition coefficient (Wildman–Crippen LogP) is 0.749. The summed E-state index contributed by atoms with van der Waals surface area (Å²) >= 11 is 0. The van der Waals surface area contributed by atoms with E-state index in [4.69, 9.17) is 10.2 Å². The van der Waals surface area contributed by atoms with Crippen LogP contribution in [-0.4, -0.2) is 16.3 Å². The number of allylic oxidation sites excluding steroid dienone is 1. The molecule has 0 aromatic carbocycles. The highest BCUT2D eigenvalue weighted by atomic mass is 16.3. The van der Waals surface area contributed by atoms with Gasteiger partial charge in [0.1, 0.15) is 5.76 Å². The summed E-state index contributed by atoms with van der Waals surface area (Å²) in [4.78, 5) is 0. The Kier molecular flexibility index (Phi) is 1.35. The van der Waals surface area contributed by atoms with E-state index in [0.29, 0.717) is 6.42 Å². The Morgan fingerprint density at radius 3 is 2.75 bits per heavy atom. The van der Waals surface area contributed by atoms with Gasteiger partial charge in [0.2, 0.25) is 0 Å². The van der Waals surface area contributed by atoms with Crippen LogP contribution in [0.5, 0.6) is 0 Å². The van der Waals surface area contributed by atoms with Gasteiger partial charge in [-0.25, -0.2) is 0 Å². The minimum Gasteiger partial charge on any atom is -0.508 e. The molecule has 0 heterocycles. The van der Waals surface area contributed by atoms with Gasteiger partial charge >= 0.3 is 0 Å². The fourth-order valence-electron chi connectivity index (χ4n) is 0.598. The van der Waals surface area contributed by atoms with Crippen LogP contribution in [-0.2, 0) is 0 Å². The van der Waals surface area contributed by atoms with Crippen LogP contribution in [0.15, 0.2) is 24.0 Å². The first-order chi connectivity index (χ1) is 3.79. The summed E-state index contributed by atoms with van der Waals surface area (Å²) in [7, 11) is 0. The Bertz CT molecular complexity index is 135. The Hall–Kier alpha value is -0.760. The zero-order chi connectivity index (χ0) is 5.98. The molecule has 0 aromatic rings. The maximum Gasteiger partial charge on any atom is 0.111 e. The number of hydrogen-bond acceptors (Lipinski definition) is 2. The molecule has 0 saturated heterocycles. The van der Waals surface area contributed by atoms with Crippen molar-refractivity contribution in [2.24, 2.45) is 0 Å². The molecular formula is C6H8O2. The van der Waals surface area contributed by atoms with Crippen LogP contribution in [0.4, 0.5) is 0 Å². The van der Waals surface area contributed by atoms with E-state index >= 15 is 0 Å². The topological polar surface area (TPSA) is 40.5 Å². The van der Waals surface area contributed by atoms with Crippen molar-refractivity contribution < 1.29 is 10.2 Å². The molecule has 0 fully saturated rings. The maximum absolute atomic E-state index is 8.78. The molecule has 2 N–H and O–H groups in total. The third-order valence-electron chi connectivity index (χ3n) is 1.06. The lowest BCUT2D eigenvalue weighted by atomic mass is 10.1. The SMILES string of the molecule is OC1=CC[C@@H](O)C=C1. The lowest BCUT2D eigenvalue weighted by molar-refractivity contribution is 0.221. The second-order valence-corrected chi connectivity index (χ2v) is 1.79. The van der Waals surface area contributed by atoms with Crippen molar-refractivity contribution >= 4 is 0 Å². The first-order valence-electron chi connectivity index (χ1n) is 2.54. The van der Waals surface area contributed by atoms with Gasteiger partial charge in [0.25, 0.3) is 0 Å². The zero-order valence-corrected chi connectivity index (χ0v) is 4.41. The van der Waals surface area contributed by atoms with Crippen LogP contribution in [0, 0.1) is 0 Å². The van der Waals surface area contributed by atoms with E-state index in [1.54, 1.807) is 12.2 Å². The molecule has 0 aromatic heterocycles. The van der Waals surface area contributed by atoms with Crippen LogP contribution in [0.25, 0.3) is 0 Å². The van der Waals surface area contributed by atoms with Crippen LogP contribution in [0.1, 0.15) is 6.42 Å². The van der Waals surface area contributed by atoms with Gasteiger partial charge in [0.15, 0.2) is 0 Å². The molecule has 44 valence electrons. The monoisotopic (exact) mass is 112 g/mol. The summed E-state index contributed by atoms with van der Waals surface area (Å²) in [6.45, 7) is 0. The van der Waals surface area contributed by atoms with E-state index in [-0.39, 0.29) is 5.76 Å². The third-order valence-corrected chi connectivity index (χ3v) is 1.06. The lowest BCUT2D eigenvalue weighted by Gasteiger charge is -2.04. The van der Waals surface area contributed by atoms with Gasteiger partial charge < -0.3 is 10.2 Å². The molecule has 1 aliphatic carbocycles. The van der Waals surface area contributed by atoms with Crippen LogP contribution >= 0.6 is 0 Å². The Balaban J connectivity index is 2.58. The van der Waals surface area contributed by atoms with E-state index in [9.17, 15) is 0 Å². The molecule has 0 unspecified atom stereocenters. The highest BCUT2D eigenvalue weighted by Gasteiger charge is 2.01. The van der Waals surface area contributed by atoms with Crippen molar-refractivity contribution in [3.63, 3.8) is 0 Å². The fourth-order valence-corrected chi connectivity index (χ4v) is 0.598. The van der Waals surface area contributed by atoms with Gasteiger partial charge in [0, 0.05) is 0 Å². The van der Waals surface area contributed by atoms with E-state index in [0.717, 1.165) is 0 Å². The molecule has 8 heavy (non-hydrogen) atoms. The summed E-state index contributed by atoms with van der Waals surface area (Å²) in [5.41, 5.74) is 0. The first kappa shape index (κ1) is 5.38. The number of rotatable bonds is 0. The Labute approximate surface area is 47.8 Å². The van der Waals surface area contributed by atoms with Crippen molar-refractivity contribution in [3.05, 3.63) is 24.0 Å². The van der Waals surface area contributed by atoms with Gasteiger partial charge in [0.05, 0.1) is 6.10 Å². The molecular weight excluding hydrogens is 104 g/mol. The summed E-state index contributed by atoms with van der Waals surface area (Å²) < 4.78 is 0. The standard InChI is InChI=1S/C6H8O2/c7-5-1-2-6(8)4-3-5/h1-3,6-8H,4H2/t6-/m0/s1. The van der Waals surface area contributed by atoms with E-state index in [1.807, 2.05) is 0 Å². The van der Waals surface area contributed by atoms with Crippen molar-refractivity contribution in [2.45, 2.75) is 12.5 Å². The fraction of sp³-hybridized carbons (Fsp3) is 0.333. The molecule has 0 bridgehead atoms. The van der Waals surface area contributed by atoms with Crippen LogP contribution < -0.4 is 0 Å². The largest absolute Gasteiger partial charge is 0.508 e. The average Bonchev–Trinajstić information content (AvgIpc) is 1.77. The third kappa shape index (κ3) is 1.10. The highest BCUT2D eigenvalue weighted by molar-refractivity contribution is 5.17. The van der Waals surface area contributed by atoms with Gasteiger partial charge in [-0.3, -0.25) is 0 Å². The van der Waals surface area contributed by atoms with Gasteiger partial charge in [-0.2, -0.15) is 0 Å².